The maximum absolute atomic E-state index is 14.5. The molecule has 1 aromatic heterocycles. The first-order chi connectivity index (χ1) is 19.4. The molecule has 0 amide bonds. The normalized spacial score (nSPS) is 13.9. The molecule has 0 saturated heterocycles. The number of hydrogen-bond acceptors (Lipinski definition) is 1. The second-order valence-electron chi connectivity index (χ2n) is 10.5. The van der Waals surface area contributed by atoms with Crippen molar-refractivity contribution < 1.29 is 26.3 Å². The number of allylic oxidation sites excluding steroid dienone is 1. The summed E-state index contributed by atoms with van der Waals surface area (Å²) in [5.41, 5.74) is 1.84. The lowest BCUT2D eigenvalue weighted by molar-refractivity contribution is -0.288. The zero-order valence-corrected chi connectivity index (χ0v) is 22.1. The van der Waals surface area contributed by atoms with E-state index in [2.05, 4.69) is 9.97 Å². The summed E-state index contributed by atoms with van der Waals surface area (Å²) >= 11 is 0. The Labute approximate surface area is 232 Å². The van der Waals surface area contributed by atoms with Crippen LogP contribution in [0.25, 0.3) is 33.8 Å². The number of nitrogens with one attached hydrogen (secondary N) is 1. The average molecular weight is 563 g/mol. The van der Waals surface area contributed by atoms with Crippen LogP contribution in [0.4, 0.5) is 26.3 Å². The minimum absolute atomic E-state index is 0.522. The molecule has 41 heavy (non-hydrogen) atoms. The van der Waals surface area contributed by atoms with Crippen molar-refractivity contribution in [1.82, 2.24) is 9.97 Å². The van der Waals surface area contributed by atoms with Crippen LogP contribution in [0.2, 0.25) is 0 Å². The van der Waals surface area contributed by atoms with E-state index in [-0.39, 0.29) is 0 Å². The molecular formula is C33H24F6N2. The summed E-state index contributed by atoms with van der Waals surface area (Å²) in [6.07, 6.45) is -8.77. The summed E-state index contributed by atoms with van der Waals surface area (Å²) in [6, 6.07) is 20.9. The number of H-pyrrole nitrogens is 1. The highest BCUT2D eigenvalue weighted by atomic mass is 19.4. The highest BCUT2D eigenvalue weighted by Crippen LogP contribution is 2.56. The first-order valence-electron chi connectivity index (χ1n) is 13.0. The number of benzene rings is 4. The number of aryl methyl sites for hydroxylation is 2. The molecule has 0 aliphatic heterocycles. The third kappa shape index (κ3) is 4.42. The largest absolute Gasteiger partial charge is 0.411 e. The standard InChI is InChI=1S/C33H24F6N2/c1-19-3-10-27(11-4-19)31(32(34,35)36,33(37,38)39)28-12-7-21(8-13-28)25-16-23-6-5-22(15-26(23)17-25)24-9-14-29-30(18-24)41-20(2)40-29/h3-15,17-18H,16H2,1-2H3,(H,40,41). The topological polar surface area (TPSA) is 28.7 Å². The molecule has 1 aliphatic carbocycles. The second-order valence-corrected chi connectivity index (χ2v) is 10.5. The lowest BCUT2D eigenvalue weighted by Crippen LogP contribution is -2.54. The van der Waals surface area contributed by atoms with Gasteiger partial charge in [0.15, 0.2) is 0 Å². The number of hydrogen-bond donors (Lipinski definition) is 1. The quantitative estimate of drug-likeness (QED) is 0.217. The molecule has 4 aromatic carbocycles. The second kappa shape index (κ2) is 9.36. The summed E-state index contributed by atoms with van der Waals surface area (Å²) in [5.74, 6) is 0.825. The van der Waals surface area contributed by atoms with Gasteiger partial charge in [-0.05, 0) is 83.0 Å². The Hall–Kier alpha value is -4.33. The SMILES string of the molecule is Cc1ccc(C(c2ccc(C3=Cc4cc(-c5ccc6[nH]c(C)nc6c5)ccc4C3)cc2)(C(F)(F)F)C(F)(F)F)cc1. The molecular weight excluding hydrogens is 538 g/mol. The molecule has 0 saturated carbocycles. The molecule has 0 unspecified atom stereocenters. The monoisotopic (exact) mass is 562 g/mol. The highest BCUT2D eigenvalue weighted by Gasteiger charge is 2.72. The van der Waals surface area contributed by atoms with Crippen LogP contribution in [0.1, 0.15) is 39.2 Å². The zero-order valence-electron chi connectivity index (χ0n) is 22.1. The highest BCUT2D eigenvalue weighted by molar-refractivity contribution is 5.90. The van der Waals surface area contributed by atoms with E-state index in [9.17, 15) is 26.3 Å². The van der Waals surface area contributed by atoms with E-state index in [1.807, 2.05) is 49.4 Å². The van der Waals surface area contributed by atoms with Crippen molar-refractivity contribution in [3.8, 4) is 11.1 Å². The number of nitrogens with zero attached hydrogens (tertiary/aromatic N) is 1. The van der Waals surface area contributed by atoms with Crippen LogP contribution in [0.15, 0.2) is 84.9 Å². The number of aromatic amines is 1. The molecule has 8 heteroatoms. The molecule has 5 aromatic rings. The van der Waals surface area contributed by atoms with Gasteiger partial charge in [0.2, 0.25) is 5.41 Å². The van der Waals surface area contributed by atoms with E-state index in [1.54, 1.807) is 6.92 Å². The zero-order chi connectivity index (χ0) is 29.2. The predicted molar refractivity (Wildman–Crippen MR) is 148 cm³/mol. The van der Waals surface area contributed by atoms with Gasteiger partial charge in [0.05, 0.1) is 11.0 Å². The Morgan fingerprint density at radius 3 is 1.85 bits per heavy atom. The van der Waals surface area contributed by atoms with E-state index in [4.69, 9.17) is 0 Å². The van der Waals surface area contributed by atoms with E-state index < -0.39 is 28.9 Å². The Bertz CT molecular complexity index is 1780. The summed E-state index contributed by atoms with van der Waals surface area (Å²) in [7, 11) is 0. The third-order valence-electron chi connectivity index (χ3n) is 7.82. The number of alkyl halides is 6. The first kappa shape index (κ1) is 26.9. The molecule has 0 bridgehead atoms. The van der Waals surface area contributed by atoms with Gasteiger partial charge in [-0.3, -0.25) is 0 Å². The Kier molecular flexibility index (Phi) is 6.14. The van der Waals surface area contributed by atoms with Crippen molar-refractivity contribution in [1.29, 1.82) is 0 Å². The predicted octanol–water partition coefficient (Wildman–Crippen LogP) is 9.35. The Morgan fingerprint density at radius 2 is 1.22 bits per heavy atom. The number of fused-ring (bicyclic) bond motifs is 2. The summed E-state index contributed by atoms with van der Waals surface area (Å²) in [5, 5.41) is 0. The molecule has 208 valence electrons. The van der Waals surface area contributed by atoms with E-state index in [0.29, 0.717) is 17.5 Å². The van der Waals surface area contributed by atoms with Crippen molar-refractivity contribution in [3.05, 3.63) is 124 Å². The number of imidazole rings is 1. The van der Waals surface area contributed by atoms with Crippen LogP contribution in [-0.4, -0.2) is 22.3 Å². The van der Waals surface area contributed by atoms with Crippen LogP contribution in [0.3, 0.4) is 0 Å². The fourth-order valence-corrected chi connectivity index (χ4v) is 5.73. The van der Waals surface area contributed by atoms with Gasteiger partial charge >= 0.3 is 12.4 Å². The number of halogens is 6. The molecule has 0 fully saturated rings. The number of rotatable bonds is 4. The van der Waals surface area contributed by atoms with Gasteiger partial charge in [0.25, 0.3) is 0 Å². The fraction of sp³-hybridized carbons (Fsp3) is 0.182. The number of aromatic nitrogens is 2. The van der Waals surface area contributed by atoms with Crippen LogP contribution >= 0.6 is 0 Å². The van der Waals surface area contributed by atoms with Gasteiger partial charge in [-0.25, -0.2) is 4.98 Å². The van der Waals surface area contributed by atoms with Gasteiger partial charge < -0.3 is 4.98 Å². The molecule has 1 aliphatic rings. The summed E-state index contributed by atoms with van der Waals surface area (Å²) < 4.78 is 86.7. The van der Waals surface area contributed by atoms with E-state index in [1.165, 1.54) is 24.3 Å². The van der Waals surface area contributed by atoms with Crippen LogP contribution < -0.4 is 0 Å². The maximum atomic E-state index is 14.5. The van der Waals surface area contributed by atoms with Gasteiger partial charge in [-0.15, -0.1) is 0 Å². The summed E-state index contributed by atoms with van der Waals surface area (Å²) in [6.45, 7) is 3.50. The van der Waals surface area contributed by atoms with Crippen molar-refractivity contribution in [3.63, 3.8) is 0 Å². The molecule has 1 N–H and O–H groups in total. The van der Waals surface area contributed by atoms with Gasteiger partial charge in [-0.1, -0.05) is 78.4 Å². The van der Waals surface area contributed by atoms with Crippen molar-refractivity contribution in [2.24, 2.45) is 0 Å². The van der Waals surface area contributed by atoms with Gasteiger partial charge in [-0.2, -0.15) is 26.3 Å². The molecule has 0 spiro atoms. The molecule has 0 atom stereocenters. The smallest absolute Gasteiger partial charge is 0.342 e. The molecule has 0 radical (unpaired) electrons. The van der Waals surface area contributed by atoms with Gasteiger partial charge in [0, 0.05) is 0 Å². The maximum Gasteiger partial charge on any atom is 0.411 e. The minimum atomic E-state index is -5.61. The van der Waals surface area contributed by atoms with Crippen molar-refractivity contribution in [2.45, 2.75) is 38.0 Å². The van der Waals surface area contributed by atoms with Crippen molar-refractivity contribution in [2.75, 3.05) is 0 Å². The van der Waals surface area contributed by atoms with Crippen LogP contribution in [0.5, 0.6) is 0 Å². The minimum Gasteiger partial charge on any atom is -0.342 e. The van der Waals surface area contributed by atoms with Crippen LogP contribution in [-0.2, 0) is 11.8 Å². The fourth-order valence-electron chi connectivity index (χ4n) is 5.73. The Morgan fingerprint density at radius 1 is 0.659 bits per heavy atom. The third-order valence-corrected chi connectivity index (χ3v) is 7.82. The molecule has 6 rings (SSSR count). The van der Waals surface area contributed by atoms with E-state index in [0.717, 1.165) is 69.0 Å². The van der Waals surface area contributed by atoms with E-state index >= 15 is 0 Å². The molecule has 2 nitrogen and oxygen atoms in total. The summed E-state index contributed by atoms with van der Waals surface area (Å²) in [4.78, 5) is 7.69. The van der Waals surface area contributed by atoms with Gasteiger partial charge in [0.1, 0.15) is 5.82 Å². The van der Waals surface area contributed by atoms with Crippen LogP contribution in [0, 0.1) is 13.8 Å². The average Bonchev–Trinajstić information content (AvgIpc) is 3.50. The van der Waals surface area contributed by atoms with Crippen molar-refractivity contribution >= 4 is 22.7 Å². The molecule has 1 heterocycles. The first-order valence-corrected chi connectivity index (χ1v) is 13.0. The lowest BCUT2D eigenvalue weighted by atomic mass is 9.72. The Balaban J connectivity index is 1.36. The lowest BCUT2D eigenvalue weighted by Gasteiger charge is -2.38.